The van der Waals surface area contributed by atoms with Crippen LogP contribution in [-0.4, -0.2) is 39.0 Å². The standard InChI is InChI=1S/C17H16ClN5O2S/c1-11-3-8-15(25-2)14(9-11)23-17(20-21-22-23)26-10-16(24)19-13-6-4-12(18)5-7-13/h3-9H,10H2,1-2H3,(H,19,24). The molecule has 3 aromatic rings. The van der Waals surface area contributed by atoms with Crippen molar-refractivity contribution in [2.45, 2.75) is 12.1 Å². The number of hydrogen-bond acceptors (Lipinski definition) is 6. The van der Waals surface area contributed by atoms with E-state index in [0.717, 1.165) is 11.3 Å². The first-order valence-electron chi connectivity index (χ1n) is 7.68. The lowest BCUT2D eigenvalue weighted by Crippen LogP contribution is -2.14. The highest BCUT2D eigenvalue weighted by Gasteiger charge is 2.15. The first kappa shape index (κ1) is 18.2. The van der Waals surface area contributed by atoms with E-state index in [0.29, 0.717) is 21.6 Å². The van der Waals surface area contributed by atoms with Crippen LogP contribution >= 0.6 is 23.4 Å². The van der Waals surface area contributed by atoms with Crippen molar-refractivity contribution < 1.29 is 9.53 Å². The summed E-state index contributed by atoms with van der Waals surface area (Å²) in [6, 6.07) is 12.6. The van der Waals surface area contributed by atoms with Crippen molar-refractivity contribution in [3.8, 4) is 11.4 Å². The molecule has 0 radical (unpaired) electrons. The van der Waals surface area contributed by atoms with Crippen LogP contribution in [0.15, 0.2) is 47.6 Å². The Bertz CT molecular complexity index is 914. The molecule has 3 rings (SSSR count). The summed E-state index contributed by atoms with van der Waals surface area (Å²) in [6.07, 6.45) is 0. The molecule has 9 heteroatoms. The number of aryl methyl sites for hydroxylation is 1. The zero-order valence-corrected chi connectivity index (χ0v) is 15.7. The number of tetrazole rings is 1. The van der Waals surface area contributed by atoms with Gasteiger partial charge in [-0.05, 0) is 59.3 Å². The Hall–Kier alpha value is -2.58. The van der Waals surface area contributed by atoms with Crippen molar-refractivity contribution in [2.75, 3.05) is 18.2 Å². The number of benzene rings is 2. The number of ether oxygens (including phenoxy) is 1. The zero-order chi connectivity index (χ0) is 18.5. The van der Waals surface area contributed by atoms with E-state index >= 15 is 0 Å². The fourth-order valence-corrected chi connectivity index (χ4v) is 3.06. The van der Waals surface area contributed by atoms with Crippen LogP contribution in [0.1, 0.15) is 5.56 Å². The molecule has 0 fully saturated rings. The summed E-state index contributed by atoms with van der Waals surface area (Å²) in [7, 11) is 1.59. The molecule has 0 bridgehead atoms. The minimum atomic E-state index is -0.164. The normalized spacial score (nSPS) is 10.6. The van der Waals surface area contributed by atoms with Gasteiger partial charge in [-0.3, -0.25) is 4.79 Å². The number of rotatable bonds is 6. The van der Waals surface area contributed by atoms with Crippen LogP contribution in [-0.2, 0) is 4.79 Å². The molecule has 0 saturated heterocycles. The lowest BCUT2D eigenvalue weighted by Gasteiger charge is -2.10. The molecule has 0 aliphatic heterocycles. The van der Waals surface area contributed by atoms with Gasteiger partial charge in [0.2, 0.25) is 11.1 Å². The van der Waals surface area contributed by atoms with E-state index in [1.165, 1.54) is 11.8 Å². The second kappa shape index (κ2) is 8.20. The third-order valence-electron chi connectivity index (χ3n) is 3.46. The molecule has 1 heterocycles. The molecular formula is C17H16ClN5O2S. The predicted octanol–water partition coefficient (Wildman–Crippen LogP) is 3.36. The average molecular weight is 390 g/mol. The van der Waals surface area contributed by atoms with Crippen LogP contribution in [0, 0.1) is 6.92 Å². The zero-order valence-electron chi connectivity index (χ0n) is 14.1. The topological polar surface area (TPSA) is 81.9 Å². The van der Waals surface area contributed by atoms with E-state index in [4.69, 9.17) is 16.3 Å². The van der Waals surface area contributed by atoms with Crippen LogP contribution in [0.4, 0.5) is 5.69 Å². The summed E-state index contributed by atoms with van der Waals surface area (Å²) in [5.74, 6) is 0.648. The van der Waals surface area contributed by atoms with Crippen LogP contribution < -0.4 is 10.1 Å². The lowest BCUT2D eigenvalue weighted by molar-refractivity contribution is -0.113. The van der Waals surface area contributed by atoms with Gasteiger partial charge in [0.15, 0.2) is 0 Å². The Morgan fingerprint density at radius 3 is 2.77 bits per heavy atom. The number of nitrogens with zero attached hydrogens (tertiary/aromatic N) is 4. The van der Waals surface area contributed by atoms with Crippen molar-refractivity contribution >= 4 is 35.0 Å². The Kier molecular flexibility index (Phi) is 5.75. The molecule has 1 aromatic heterocycles. The molecule has 0 atom stereocenters. The second-order valence-corrected chi connectivity index (χ2v) is 6.77. The number of carbonyl (C=O) groups excluding carboxylic acids is 1. The molecule has 1 N–H and O–H groups in total. The average Bonchev–Trinajstić information content (AvgIpc) is 3.10. The number of thioether (sulfide) groups is 1. The molecule has 134 valence electrons. The number of amides is 1. The largest absolute Gasteiger partial charge is 0.494 e. The summed E-state index contributed by atoms with van der Waals surface area (Å²) >= 11 is 7.07. The molecule has 26 heavy (non-hydrogen) atoms. The van der Waals surface area contributed by atoms with Gasteiger partial charge >= 0.3 is 0 Å². The summed E-state index contributed by atoms with van der Waals surface area (Å²) in [5.41, 5.74) is 2.45. The first-order valence-corrected chi connectivity index (χ1v) is 9.05. The predicted molar refractivity (Wildman–Crippen MR) is 101 cm³/mol. The number of methoxy groups -OCH3 is 1. The molecular weight excluding hydrogens is 374 g/mol. The van der Waals surface area contributed by atoms with Crippen molar-refractivity contribution in [1.29, 1.82) is 0 Å². The number of halogens is 1. The van der Waals surface area contributed by atoms with Crippen molar-refractivity contribution in [2.24, 2.45) is 0 Å². The van der Waals surface area contributed by atoms with Gasteiger partial charge in [0.1, 0.15) is 11.4 Å². The third-order valence-corrected chi connectivity index (χ3v) is 4.64. The van der Waals surface area contributed by atoms with Crippen LogP contribution in [0.25, 0.3) is 5.69 Å². The first-order chi connectivity index (χ1) is 12.6. The Labute approximate surface area is 159 Å². The lowest BCUT2D eigenvalue weighted by atomic mass is 10.2. The van der Waals surface area contributed by atoms with Crippen molar-refractivity contribution in [1.82, 2.24) is 20.2 Å². The highest BCUT2D eigenvalue weighted by molar-refractivity contribution is 7.99. The third kappa shape index (κ3) is 4.33. The Morgan fingerprint density at radius 1 is 1.27 bits per heavy atom. The van der Waals surface area contributed by atoms with Gasteiger partial charge in [0.05, 0.1) is 12.9 Å². The van der Waals surface area contributed by atoms with E-state index in [9.17, 15) is 4.79 Å². The Morgan fingerprint density at radius 2 is 2.04 bits per heavy atom. The fourth-order valence-electron chi connectivity index (χ4n) is 2.25. The van der Waals surface area contributed by atoms with Crippen LogP contribution in [0.2, 0.25) is 5.02 Å². The van der Waals surface area contributed by atoms with E-state index in [2.05, 4.69) is 20.8 Å². The van der Waals surface area contributed by atoms with E-state index in [-0.39, 0.29) is 11.7 Å². The molecule has 1 amide bonds. The number of anilines is 1. The minimum Gasteiger partial charge on any atom is -0.494 e. The monoisotopic (exact) mass is 389 g/mol. The maximum absolute atomic E-state index is 12.2. The molecule has 0 saturated carbocycles. The molecule has 0 aliphatic rings. The van der Waals surface area contributed by atoms with Gasteiger partial charge in [-0.1, -0.05) is 29.4 Å². The van der Waals surface area contributed by atoms with Gasteiger partial charge in [-0.15, -0.1) is 5.10 Å². The summed E-state index contributed by atoms with van der Waals surface area (Å²) in [6.45, 7) is 1.97. The number of hydrogen-bond donors (Lipinski definition) is 1. The molecule has 0 spiro atoms. The minimum absolute atomic E-state index is 0.164. The maximum Gasteiger partial charge on any atom is 0.234 e. The molecule has 2 aromatic carbocycles. The highest BCUT2D eigenvalue weighted by atomic mass is 35.5. The van der Waals surface area contributed by atoms with Gasteiger partial charge in [0, 0.05) is 10.7 Å². The molecule has 0 aliphatic carbocycles. The Balaban J connectivity index is 1.70. The van der Waals surface area contributed by atoms with Crippen LogP contribution in [0.5, 0.6) is 5.75 Å². The smallest absolute Gasteiger partial charge is 0.234 e. The van der Waals surface area contributed by atoms with Gasteiger partial charge in [-0.2, -0.15) is 4.68 Å². The summed E-state index contributed by atoms with van der Waals surface area (Å²) in [5, 5.41) is 15.6. The fraction of sp³-hybridized carbons (Fsp3) is 0.176. The molecule has 0 unspecified atom stereocenters. The second-order valence-electron chi connectivity index (χ2n) is 5.39. The van der Waals surface area contributed by atoms with Gasteiger partial charge in [0.25, 0.3) is 0 Å². The number of nitrogens with one attached hydrogen (secondary N) is 1. The van der Waals surface area contributed by atoms with Crippen LogP contribution in [0.3, 0.4) is 0 Å². The summed E-state index contributed by atoms with van der Waals surface area (Å²) < 4.78 is 6.94. The SMILES string of the molecule is COc1ccc(C)cc1-n1nnnc1SCC(=O)Nc1ccc(Cl)cc1. The van der Waals surface area contributed by atoms with Gasteiger partial charge in [-0.25, -0.2) is 0 Å². The number of carbonyl (C=O) groups is 1. The van der Waals surface area contributed by atoms with E-state index < -0.39 is 0 Å². The van der Waals surface area contributed by atoms with E-state index in [1.54, 1.807) is 36.1 Å². The maximum atomic E-state index is 12.2. The highest BCUT2D eigenvalue weighted by Crippen LogP contribution is 2.27. The number of aromatic nitrogens is 4. The van der Waals surface area contributed by atoms with Gasteiger partial charge < -0.3 is 10.1 Å². The van der Waals surface area contributed by atoms with Crippen molar-refractivity contribution in [3.05, 3.63) is 53.1 Å². The van der Waals surface area contributed by atoms with E-state index in [1.807, 2.05) is 25.1 Å². The summed E-state index contributed by atoms with van der Waals surface area (Å²) in [4.78, 5) is 12.2. The molecule has 7 nitrogen and oxygen atoms in total. The van der Waals surface area contributed by atoms with Crippen molar-refractivity contribution in [3.63, 3.8) is 0 Å². The quantitative estimate of drug-likeness (QED) is 0.651.